The molecule has 0 aliphatic rings. The fourth-order valence-corrected chi connectivity index (χ4v) is 3.00. The average Bonchev–Trinajstić information content (AvgIpc) is 3.29. The summed E-state index contributed by atoms with van der Waals surface area (Å²) in [5, 5.41) is 3.28. The van der Waals surface area contributed by atoms with Crippen molar-refractivity contribution in [3.05, 3.63) is 64.9 Å². The molecule has 0 bridgehead atoms. The number of imidazole rings is 1. The van der Waals surface area contributed by atoms with Crippen molar-refractivity contribution in [3.63, 3.8) is 0 Å². The summed E-state index contributed by atoms with van der Waals surface area (Å²) in [5.74, 6) is 0.0990. The molecule has 3 rings (SSSR count). The number of anilines is 1. The van der Waals surface area contributed by atoms with E-state index >= 15 is 0 Å². The van der Waals surface area contributed by atoms with Gasteiger partial charge in [0.2, 0.25) is 0 Å². The van der Waals surface area contributed by atoms with Crippen molar-refractivity contribution in [2.24, 2.45) is 0 Å². The number of hydrogen-bond acceptors (Lipinski definition) is 5. The monoisotopic (exact) mass is 427 g/mol. The van der Waals surface area contributed by atoms with Crippen LogP contribution in [0.5, 0.6) is 5.75 Å². The predicted octanol–water partition coefficient (Wildman–Crippen LogP) is 4.62. The van der Waals surface area contributed by atoms with E-state index in [9.17, 15) is 9.59 Å². The van der Waals surface area contributed by atoms with E-state index in [0.717, 1.165) is 11.1 Å². The lowest BCUT2D eigenvalue weighted by atomic mass is 10.1. The van der Waals surface area contributed by atoms with Gasteiger partial charge in [-0.2, -0.15) is 0 Å². The van der Waals surface area contributed by atoms with Gasteiger partial charge >= 0.3 is 5.97 Å². The van der Waals surface area contributed by atoms with Gasteiger partial charge in [0, 0.05) is 29.0 Å². The van der Waals surface area contributed by atoms with E-state index in [1.165, 1.54) is 7.11 Å². The van der Waals surface area contributed by atoms with Gasteiger partial charge in [-0.05, 0) is 37.1 Å². The molecule has 0 aliphatic heterocycles. The highest BCUT2D eigenvalue weighted by molar-refractivity contribution is 6.31. The summed E-state index contributed by atoms with van der Waals surface area (Å²) in [5.41, 5.74) is 2.43. The van der Waals surface area contributed by atoms with E-state index in [2.05, 4.69) is 15.3 Å². The Kier molecular flexibility index (Phi) is 6.74. The molecule has 7 nitrogen and oxygen atoms in total. The number of carbonyl (C=O) groups is 2. The van der Waals surface area contributed by atoms with Crippen LogP contribution in [0, 0.1) is 6.92 Å². The highest BCUT2D eigenvalue weighted by Crippen LogP contribution is 2.31. The van der Waals surface area contributed by atoms with Gasteiger partial charge in [-0.25, -0.2) is 9.78 Å². The number of H-pyrrole nitrogens is 1. The molecule has 156 valence electrons. The highest BCUT2D eigenvalue weighted by atomic mass is 35.5. The van der Waals surface area contributed by atoms with E-state index in [0.29, 0.717) is 34.3 Å². The summed E-state index contributed by atoms with van der Waals surface area (Å²) in [6.07, 6.45) is 2.73. The van der Waals surface area contributed by atoms with E-state index in [1.54, 1.807) is 55.7 Å². The number of aromatic nitrogens is 2. The van der Waals surface area contributed by atoms with Crippen molar-refractivity contribution in [2.75, 3.05) is 12.4 Å². The molecule has 2 N–H and O–H groups in total. The second-order valence-corrected chi connectivity index (χ2v) is 7.02. The third-order valence-electron chi connectivity index (χ3n) is 4.54. The Hall–Kier alpha value is -3.32. The molecule has 0 aliphatic carbocycles. The molecule has 1 aromatic heterocycles. The number of esters is 1. The molecular formula is C22H22ClN3O4. The molecular weight excluding hydrogens is 406 g/mol. The number of aromatic amines is 1. The average molecular weight is 428 g/mol. The molecule has 1 unspecified atom stereocenters. The first-order valence-corrected chi connectivity index (χ1v) is 9.76. The Balaban J connectivity index is 1.69. The van der Waals surface area contributed by atoms with Crippen molar-refractivity contribution < 1.29 is 19.1 Å². The Morgan fingerprint density at radius 1 is 1.23 bits per heavy atom. The lowest BCUT2D eigenvalue weighted by molar-refractivity contribution is -0.124. The first kappa shape index (κ1) is 21.4. The van der Waals surface area contributed by atoms with Crippen molar-refractivity contribution in [1.82, 2.24) is 9.97 Å². The van der Waals surface area contributed by atoms with Crippen LogP contribution < -0.4 is 10.1 Å². The van der Waals surface area contributed by atoms with Crippen LogP contribution in [0.3, 0.4) is 0 Å². The fraction of sp³-hybridized carbons (Fsp3) is 0.227. The lowest BCUT2D eigenvalue weighted by Gasteiger charge is -2.18. The minimum atomic E-state index is -0.956. The van der Waals surface area contributed by atoms with Crippen LogP contribution in [0.2, 0.25) is 5.02 Å². The zero-order valence-corrected chi connectivity index (χ0v) is 17.6. The molecule has 0 saturated carbocycles. The van der Waals surface area contributed by atoms with Crippen LogP contribution in [0.1, 0.15) is 29.3 Å². The van der Waals surface area contributed by atoms with E-state index in [4.69, 9.17) is 21.1 Å². The Bertz CT molecular complexity index is 1030. The van der Waals surface area contributed by atoms with Gasteiger partial charge in [-0.15, -0.1) is 0 Å². The van der Waals surface area contributed by atoms with E-state index in [-0.39, 0.29) is 0 Å². The summed E-state index contributed by atoms with van der Waals surface area (Å²) < 4.78 is 10.7. The zero-order chi connectivity index (χ0) is 21.7. The standard InChI is InChI=1S/C22H22ClN3O4/c1-4-18(21(27)26-17-11-13(2)16(23)12-19(17)29-3)30-22(28)15-7-5-14(6-8-15)20-24-9-10-25-20/h5-12,18H,4H2,1-3H3,(H,24,25)(H,26,27). The summed E-state index contributed by atoms with van der Waals surface area (Å²) in [6.45, 7) is 3.59. The molecule has 1 amide bonds. The zero-order valence-electron chi connectivity index (χ0n) is 16.9. The summed E-state index contributed by atoms with van der Waals surface area (Å²) in [4.78, 5) is 32.4. The first-order chi connectivity index (χ1) is 14.4. The number of carbonyl (C=O) groups excluding carboxylic acids is 2. The Morgan fingerprint density at radius 2 is 1.97 bits per heavy atom. The molecule has 0 fully saturated rings. The van der Waals surface area contributed by atoms with Crippen LogP contribution in [0.15, 0.2) is 48.8 Å². The van der Waals surface area contributed by atoms with Crippen LogP contribution >= 0.6 is 11.6 Å². The number of nitrogens with zero attached hydrogens (tertiary/aromatic N) is 1. The van der Waals surface area contributed by atoms with Crippen molar-refractivity contribution in [3.8, 4) is 17.1 Å². The maximum atomic E-state index is 12.7. The number of halogens is 1. The normalized spacial score (nSPS) is 11.6. The summed E-state index contributed by atoms with van der Waals surface area (Å²) >= 11 is 6.10. The SMILES string of the molecule is CCC(OC(=O)c1ccc(-c2ncc[nH]2)cc1)C(=O)Nc1cc(C)c(Cl)cc1OC. The van der Waals surface area contributed by atoms with Crippen molar-refractivity contribution in [2.45, 2.75) is 26.4 Å². The quantitative estimate of drug-likeness (QED) is 0.536. The molecule has 8 heteroatoms. The molecule has 30 heavy (non-hydrogen) atoms. The topological polar surface area (TPSA) is 93.3 Å². The van der Waals surface area contributed by atoms with E-state index < -0.39 is 18.0 Å². The second-order valence-electron chi connectivity index (χ2n) is 6.61. The molecule has 0 spiro atoms. The summed E-state index contributed by atoms with van der Waals surface area (Å²) in [6, 6.07) is 10.1. The number of benzene rings is 2. The van der Waals surface area contributed by atoms with Crippen LogP contribution in [0.25, 0.3) is 11.4 Å². The molecule has 2 aromatic carbocycles. The summed E-state index contributed by atoms with van der Waals surface area (Å²) in [7, 11) is 1.49. The third kappa shape index (κ3) is 4.80. The Morgan fingerprint density at radius 3 is 2.57 bits per heavy atom. The molecule has 0 radical (unpaired) electrons. The fourth-order valence-electron chi connectivity index (χ4n) is 2.85. The number of methoxy groups -OCH3 is 1. The highest BCUT2D eigenvalue weighted by Gasteiger charge is 2.23. The largest absolute Gasteiger partial charge is 0.495 e. The molecule has 1 heterocycles. The number of aryl methyl sites for hydroxylation is 1. The van der Waals surface area contributed by atoms with Gasteiger partial charge in [0.05, 0.1) is 18.4 Å². The molecule has 3 aromatic rings. The number of nitrogens with one attached hydrogen (secondary N) is 2. The minimum absolute atomic E-state index is 0.316. The first-order valence-electron chi connectivity index (χ1n) is 9.38. The number of amides is 1. The second kappa shape index (κ2) is 9.45. The smallest absolute Gasteiger partial charge is 0.338 e. The predicted molar refractivity (Wildman–Crippen MR) is 115 cm³/mol. The van der Waals surface area contributed by atoms with E-state index in [1.807, 2.05) is 6.92 Å². The van der Waals surface area contributed by atoms with Crippen LogP contribution in [0.4, 0.5) is 5.69 Å². The van der Waals surface area contributed by atoms with Gasteiger partial charge in [0.15, 0.2) is 6.10 Å². The lowest BCUT2D eigenvalue weighted by Crippen LogP contribution is -2.32. The molecule has 0 saturated heterocycles. The number of ether oxygens (including phenoxy) is 2. The van der Waals surface area contributed by atoms with Gasteiger partial charge in [-0.3, -0.25) is 4.79 Å². The van der Waals surface area contributed by atoms with Crippen LogP contribution in [-0.2, 0) is 9.53 Å². The van der Waals surface area contributed by atoms with Gasteiger partial charge in [0.1, 0.15) is 11.6 Å². The number of rotatable bonds is 7. The van der Waals surface area contributed by atoms with Gasteiger partial charge < -0.3 is 19.8 Å². The Labute approximate surface area is 179 Å². The maximum Gasteiger partial charge on any atom is 0.338 e. The van der Waals surface area contributed by atoms with Gasteiger partial charge in [0.25, 0.3) is 5.91 Å². The van der Waals surface area contributed by atoms with Crippen molar-refractivity contribution >= 4 is 29.2 Å². The maximum absolute atomic E-state index is 12.7. The van der Waals surface area contributed by atoms with Crippen LogP contribution in [-0.4, -0.2) is 35.1 Å². The number of hydrogen-bond donors (Lipinski definition) is 2. The van der Waals surface area contributed by atoms with Crippen molar-refractivity contribution in [1.29, 1.82) is 0 Å². The third-order valence-corrected chi connectivity index (χ3v) is 4.95. The van der Waals surface area contributed by atoms with Gasteiger partial charge in [-0.1, -0.05) is 30.7 Å². The minimum Gasteiger partial charge on any atom is -0.495 e. The molecule has 1 atom stereocenters.